The van der Waals surface area contributed by atoms with E-state index < -0.39 is 5.97 Å². The third-order valence-corrected chi connectivity index (χ3v) is 5.72. The van der Waals surface area contributed by atoms with E-state index in [1.54, 1.807) is 30.2 Å². The fourth-order valence-electron chi connectivity index (χ4n) is 1.61. The number of amides is 1. The maximum Gasteiger partial charge on any atom is 0.347 e. The highest BCUT2D eigenvalue weighted by molar-refractivity contribution is 8.01. The zero-order valence-electron chi connectivity index (χ0n) is 11.5. The Morgan fingerprint density at radius 3 is 2.81 bits per heavy atom. The predicted molar refractivity (Wildman–Crippen MR) is 85.3 cm³/mol. The van der Waals surface area contributed by atoms with E-state index in [-0.39, 0.29) is 16.5 Å². The smallest absolute Gasteiger partial charge is 0.347 e. The number of aryl methyl sites for hydroxylation is 1. The average molecular weight is 342 g/mol. The number of nitrogens with zero attached hydrogens (tertiary/aromatic N) is 2. The second-order valence-corrected chi connectivity index (χ2v) is 7.37. The van der Waals surface area contributed by atoms with Crippen LogP contribution in [0.3, 0.4) is 0 Å². The molecule has 0 aliphatic rings. The second kappa shape index (κ2) is 7.06. The second-order valence-electron chi connectivity index (χ2n) is 4.37. The number of thioether (sulfide) groups is 1. The summed E-state index contributed by atoms with van der Waals surface area (Å²) < 4.78 is 0.613. The lowest BCUT2D eigenvalue weighted by atomic mass is 10.3. The molecule has 21 heavy (non-hydrogen) atoms. The Morgan fingerprint density at radius 2 is 2.24 bits per heavy atom. The lowest BCUT2D eigenvalue weighted by Gasteiger charge is -2.15. The largest absolute Gasteiger partial charge is 0.477 e. The molecule has 0 aliphatic carbocycles. The van der Waals surface area contributed by atoms with Gasteiger partial charge in [0.2, 0.25) is 5.91 Å². The van der Waals surface area contributed by atoms with Crippen molar-refractivity contribution in [1.82, 2.24) is 9.88 Å². The Labute approximate surface area is 134 Å². The number of rotatable bonds is 6. The summed E-state index contributed by atoms with van der Waals surface area (Å²) in [4.78, 5) is 29.0. The molecule has 2 heterocycles. The van der Waals surface area contributed by atoms with Gasteiger partial charge in [0.15, 0.2) is 4.34 Å². The van der Waals surface area contributed by atoms with Gasteiger partial charge in [-0.1, -0.05) is 11.8 Å². The van der Waals surface area contributed by atoms with Crippen molar-refractivity contribution in [3.05, 3.63) is 33.0 Å². The Hall–Kier alpha value is -1.38. The summed E-state index contributed by atoms with van der Waals surface area (Å²) in [6, 6.07) is 1.99. The summed E-state index contributed by atoms with van der Waals surface area (Å²) in [6.07, 6.45) is 0. The molecule has 2 rings (SSSR count). The lowest BCUT2D eigenvalue weighted by Crippen LogP contribution is -2.27. The average Bonchev–Trinajstić information content (AvgIpc) is 3.05. The minimum Gasteiger partial charge on any atom is -0.477 e. The first-order chi connectivity index (χ1) is 9.97. The van der Waals surface area contributed by atoms with Crippen LogP contribution in [0.2, 0.25) is 0 Å². The van der Waals surface area contributed by atoms with E-state index in [1.165, 1.54) is 11.8 Å². The highest BCUT2D eigenvalue weighted by Crippen LogP contribution is 2.27. The molecule has 0 spiro atoms. The predicted octanol–water partition coefficient (Wildman–Crippen LogP) is 2.96. The van der Waals surface area contributed by atoms with Crippen LogP contribution < -0.4 is 0 Å². The highest BCUT2D eigenvalue weighted by Gasteiger charge is 2.16. The number of carbonyl (C=O) groups excluding carboxylic acids is 1. The SMILES string of the molecule is Cc1nc(SCC(=O)N(C)Cc2ccsc2)sc1C(=O)O. The first kappa shape index (κ1) is 16.0. The molecule has 2 aromatic rings. The minimum absolute atomic E-state index is 0.00377. The van der Waals surface area contributed by atoms with Crippen LogP contribution in [-0.4, -0.2) is 39.7 Å². The summed E-state index contributed by atoms with van der Waals surface area (Å²) in [5, 5.41) is 13.0. The molecule has 0 aromatic carbocycles. The van der Waals surface area contributed by atoms with Crippen LogP contribution in [0.15, 0.2) is 21.2 Å². The van der Waals surface area contributed by atoms with E-state index in [9.17, 15) is 9.59 Å². The molecular formula is C13H14N2O3S3. The number of thiophene rings is 1. The molecule has 0 bridgehead atoms. The van der Waals surface area contributed by atoms with E-state index in [4.69, 9.17) is 5.11 Å². The van der Waals surface area contributed by atoms with Crippen molar-refractivity contribution in [3.8, 4) is 0 Å². The van der Waals surface area contributed by atoms with E-state index in [2.05, 4.69) is 4.98 Å². The topological polar surface area (TPSA) is 70.5 Å². The molecule has 2 aromatic heterocycles. The van der Waals surface area contributed by atoms with Gasteiger partial charge in [-0.15, -0.1) is 11.3 Å². The monoisotopic (exact) mass is 342 g/mol. The highest BCUT2D eigenvalue weighted by atomic mass is 32.2. The first-order valence-electron chi connectivity index (χ1n) is 6.06. The van der Waals surface area contributed by atoms with Gasteiger partial charge in [-0.3, -0.25) is 4.79 Å². The zero-order chi connectivity index (χ0) is 15.4. The molecule has 0 saturated heterocycles. The van der Waals surface area contributed by atoms with Crippen LogP contribution in [0.1, 0.15) is 20.9 Å². The molecule has 1 amide bonds. The van der Waals surface area contributed by atoms with Gasteiger partial charge in [-0.05, 0) is 29.3 Å². The molecule has 8 heteroatoms. The molecule has 112 valence electrons. The number of thiazole rings is 1. The van der Waals surface area contributed by atoms with Crippen molar-refractivity contribution in [1.29, 1.82) is 0 Å². The van der Waals surface area contributed by atoms with Crippen molar-refractivity contribution in [2.24, 2.45) is 0 Å². The van der Waals surface area contributed by atoms with E-state index in [0.717, 1.165) is 16.9 Å². The quantitative estimate of drug-likeness (QED) is 0.817. The standard InChI is InChI=1S/C13H14N2O3S3/c1-8-11(12(17)18)21-13(14-8)20-7-10(16)15(2)5-9-3-4-19-6-9/h3-4,6H,5,7H2,1-2H3,(H,17,18). The van der Waals surface area contributed by atoms with Gasteiger partial charge in [0.25, 0.3) is 0 Å². The summed E-state index contributed by atoms with van der Waals surface area (Å²) >= 11 is 3.99. The third kappa shape index (κ3) is 4.29. The van der Waals surface area contributed by atoms with Crippen LogP contribution in [0.5, 0.6) is 0 Å². The summed E-state index contributed by atoms with van der Waals surface area (Å²) in [7, 11) is 1.76. The van der Waals surface area contributed by atoms with Crippen molar-refractivity contribution in [2.75, 3.05) is 12.8 Å². The molecule has 1 N–H and O–H groups in total. The Morgan fingerprint density at radius 1 is 1.48 bits per heavy atom. The number of aromatic nitrogens is 1. The molecule has 0 radical (unpaired) electrons. The Balaban J connectivity index is 1.88. The van der Waals surface area contributed by atoms with Gasteiger partial charge in [0.1, 0.15) is 4.88 Å². The zero-order valence-corrected chi connectivity index (χ0v) is 14.0. The molecule has 5 nitrogen and oxygen atoms in total. The fraction of sp³-hybridized carbons (Fsp3) is 0.308. The van der Waals surface area contributed by atoms with Crippen LogP contribution >= 0.6 is 34.4 Å². The van der Waals surface area contributed by atoms with Crippen molar-refractivity contribution in [3.63, 3.8) is 0 Å². The fourth-order valence-corrected chi connectivity index (χ4v) is 4.24. The molecular weight excluding hydrogens is 328 g/mol. The Bertz CT molecular complexity index is 637. The van der Waals surface area contributed by atoms with Crippen LogP contribution in [0, 0.1) is 6.92 Å². The Kier molecular flexibility index (Phi) is 5.38. The van der Waals surface area contributed by atoms with Crippen LogP contribution in [-0.2, 0) is 11.3 Å². The van der Waals surface area contributed by atoms with Gasteiger partial charge in [-0.25, -0.2) is 9.78 Å². The van der Waals surface area contributed by atoms with E-state index >= 15 is 0 Å². The van der Waals surface area contributed by atoms with E-state index in [0.29, 0.717) is 16.6 Å². The summed E-state index contributed by atoms with van der Waals surface area (Å²) in [6.45, 7) is 2.24. The molecule has 0 aliphatic heterocycles. The number of hydrogen-bond donors (Lipinski definition) is 1. The number of carboxylic acids is 1. The van der Waals surface area contributed by atoms with Crippen molar-refractivity contribution >= 4 is 46.3 Å². The lowest BCUT2D eigenvalue weighted by molar-refractivity contribution is -0.127. The van der Waals surface area contributed by atoms with Gasteiger partial charge >= 0.3 is 5.97 Å². The molecule has 0 atom stereocenters. The van der Waals surface area contributed by atoms with Crippen molar-refractivity contribution < 1.29 is 14.7 Å². The number of hydrogen-bond acceptors (Lipinski definition) is 6. The minimum atomic E-state index is -0.974. The normalized spacial score (nSPS) is 10.6. The van der Waals surface area contributed by atoms with Crippen LogP contribution in [0.4, 0.5) is 0 Å². The molecule has 0 unspecified atom stereocenters. The number of carboxylic acid groups (broad SMARTS) is 1. The third-order valence-electron chi connectivity index (χ3n) is 2.72. The van der Waals surface area contributed by atoms with Gasteiger partial charge < -0.3 is 10.0 Å². The van der Waals surface area contributed by atoms with Gasteiger partial charge in [0, 0.05) is 13.6 Å². The van der Waals surface area contributed by atoms with Crippen molar-refractivity contribution in [2.45, 2.75) is 17.8 Å². The first-order valence-corrected chi connectivity index (χ1v) is 8.80. The number of aromatic carboxylic acids is 1. The van der Waals surface area contributed by atoms with Gasteiger partial charge in [-0.2, -0.15) is 11.3 Å². The summed E-state index contributed by atoms with van der Waals surface area (Å²) in [5.74, 6) is -0.721. The molecule has 0 fully saturated rings. The maximum absolute atomic E-state index is 12.0. The molecule has 0 saturated carbocycles. The maximum atomic E-state index is 12.0. The number of carbonyl (C=O) groups is 2. The van der Waals surface area contributed by atoms with Gasteiger partial charge in [0.05, 0.1) is 11.4 Å². The van der Waals surface area contributed by atoms with E-state index in [1.807, 2.05) is 16.8 Å². The summed E-state index contributed by atoms with van der Waals surface area (Å²) in [5.41, 5.74) is 1.60. The van der Waals surface area contributed by atoms with Crippen LogP contribution in [0.25, 0.3) is 0 Å².